The normalized spacial score (nSPS) is 13.7. The number of likely N-dealkylation sites (tertiary alicyclic amines) is 1. The van der Waals surface area contributed by atoms with E-state index < -0.39 is 41.2 Å². The summed E-state index contributed by atoms with van der Waals surface area (Å²) in [7, 11) is 0. The minimum absolute atomic E-state index is 0.0235. The number of anilines is 1. The van der Waals surface area contributed by atoms with E-state index in [9.17, 15) is 37.8 Å². The standard InChI is InChI=1S/C25H25F3N6O6S/c1-2-29-24(39)33-19-18(23(37)38)17(21-32-16(12-41-21)25(26,27)28)15(11-30-19)14-9-13(22(35)36)10-31-20(14)40-8-7-34-5-3-4-6-34/h9-12H,2-8H2,1H3,(H,35,36)(H,37,38)(H2,29,30,33,39). The first-order valence-electron chi connectivity index (χ1n) is 12.4. The summed E-state index contributed by atoms with van der Waals surface area (Å²) >= 11 is 0.524. The number of nitrogens with zero attached hydrogens (tertiary/aromatic N) is 4. The molecule has 0 unspecified atom stereocenters. The SMILES string of the molecule is CCNC(=O)Nc1ncc(-c2cc(C(=O)O)cnc2OCCN2CCCC2)c(-c2nc(C(F)(F)F)cs2)c1C(=O)O. The topological polar surface area (TPSA) is 167 Å². The Kier molecular flexibility index (Phi) is 9.02. The van der Waals surface area contributed by atoms with Crippen LogP contribution in [0.1, 0.15) is 46.2 Å². The molecule has 0 spiro atoms. The number of hydrogen-bond acceptors (Lipinski definition) is 9. The molecule has 0 atom stereocenters. The first-order valence-corrected chi connectivity index (χ1v) is 13.3. The lowest BCUT2D eigenvalue weighted by molar-refractivity contribution is -0.140. The van der Waals surface area contributed by atoms with E-state index in [4.69, 9.17) is 4.74 Å². The minimum Gasteiger partial charge on any atom is -0.478 e. The number of carbonyl (C=O) groups is 3. The number of alkyl halides is 3. The molecule has 41 heavy (non-hydrogen) atoms. The van der Waals surface area contributed by atoms with Gasteiger partial charge in [0, 0.05) is 47.6 Å². The number of amides is 2. The average molecular weight is 595 g/mol. The van der Waals surface area contributed by atoms with Gasteiger partial charge < -0.3 is 20.3 Å². The van der Waals surface area contributed by atoms with Crippen LogP contribution in [0.3, 0.4) is 0 Å². The lowest BCUT2D eigenvalue weighted by Gasteiger charge is -2.18. The van der Waals surface area contributed by atoms with E-state index in [1.807, 2.05) is 0 Å². The Balaban J connectivity index is 1.91. The zero-order valence-corrected chi connectivity index (χ0v) is 22.4. The number of urea groups is 1. The highest BCUT2D eigenvalue weighted by atomic mass is 32.1. The van der Waals surface area contributed by atoms with E-state index in [2.05, 4.69) is 30.5 Å². The highest BCUT2D eigenvalue weighted by molar-refractivity contribution is 7.13. The molecule has 0 saturated carbocycles. The van der Waals surface area contributed by atoms with Crippen LogP contribution in [0.4, 0.5) is 23.8 Å². The molecular formula is C25H25F3N6O6S. The summed E-state index contributed by atoms with van der Waals surface area (Å²) in [4.78, 5) is 50.5. The molecule has 2 amide bonds. The van der Waals surface area contributed by atoms with Gasteiger partial charge in [-0.2, -0.15) is 13.2 Å². The molecule has 218 valence electrons. The maximum Gasteiger partial charge on any atom is 0.434 e. The molecule has 1 aliphatic rings. The van der Waals surface area contributed by atoms with Gasteiger partial charge in [-0.15, -0.1) is 11.3 Å². The Morgan fingerprint density at radius 3 is 2.44 bits per heavy atom. The first kappa shape index (κ1) is 29.7. The second-order valence-corrected chi connectivity index (χ2v) is 9.73. The predicted molar refractivity (Wildman–Crippen MR) is 141 cm³/mol. The molecule has 4 N–H and O–H groups in total. The third-order valence-corrected chi connectivity index (χ3v) is 6.96. The second-order valence-electron chi connectivity index (χ2n) is 8.87. The van der Waals surface area contributed by atoms with Crippen LogP contribution in [-0.2, 0) is 6.18 Å². The number of thiazole rings is 1. The van der Waals surface area contributed by atoms with E-state index in [0.717, 1.165) is 43.7 Å². The molecule has 3 aromatic heterocycles. The molecule has 12 nitrogen and oxygen atoms in total. The number of ether oxygens (including phenoxy) is 1. The Hall–Kier alpha value is -4.31. The molecule has 0 bridgehead atoms. The molecule has 0 aliphatic carbocycles. The number of halogens is 3. The van der Waals surface area contributed by atoms with Crippen molar-refractivity contribution in [3.8, 4) is 27.6 Å². The van der Waals surface area contributed by atoms with Crippen molar-refractivity contribution in [3.05, 3.63) is 40.7 Å². The van der Waals surface area contributed by atoms with Crippen LogP contribution < -0.4 is 15.4 Å². The van der Waals surface area contributed by atoms with Gasteiger partial charge in [0.05, 0.1) is 5.56 Å². The fraction of sp³-hybridized carbons (Fsp3) is 0.360. The number of rotatable bonds is 10. The van der Waals surface area contributed by atoms with Gasteiger partial charge in [-0.25, -0.2) is 29.3 Å². The third-order valence-electron chi connectivity index (χ3n) is 6.10. The molecule has 1 saturated heterocycles. The van der Waals surface area contributed by atoms with Crippen LogP contribution in [0.2, 0.25) is 0 Å². The van der Waals surface area contributed by atoms with Crippen molar-refractivity contribution < 1.29 is 42.5 Å². The van der Waals surface area contributed by atoms with Crippen molar-refractivity contribution in [2.45, 2.75) is 25.9 Å². The second kappa shape index (κ2) is 12.5. The Bertz CT molecular complexity index is 1460. The summed E-state index contributed by atoms with van der Waals surface area (Å²) in [6.07, 6.45) is -0.559. The molecule has 1 aliphatic heterocycles. The van der Waals surface area contributed by atoms with Gasteiger partial charge in [0.25, 0.3) is 0 Å². The van der Waals surface area contributed by atoms with Crippen molar-refractivity contribution in [1.29, 1.82) is 0 Å². The van der Waals surface area contributed by atoms with Gasteiger partial charge in [0.2, 0.25) is 5.88 Å². The van der Waals surface area contributed by atoms with Gasteiger partial charge in [-0.1, -0.05) is 0 Å². The maximum atomic E-state index is 13.5. The van der Waals surface area contributed by atoms with Crippen LogP contribution in [0.25, 0.3) is 21.7 Å². The number of aromatic nitrogens is 3. The summed E-state index contributed by atoms with van der Waals surface area (Å²) in [5, 5.41) is 24.8. The van der Waals surface area contributed by atoms with Crippen molar-refractivity contribution in [3.63, 3.8) is 0 Å². The summed E-state index contributed by atoms with van der Waals surface area (Å²) in [6.45, 7) is 4.32. The van der Waals surface area contributed by atoms with Gasteiger partial charge in [-0.3, -0.25) is 10.2 Å². The lowest BCUT2D eigenvalue weighted by atomic mass is 9.97. The first-order chi connectivity index (χ1) is 19.5. The highest BCUT2D eigenvalue weighted by Gasteiger charge is 2.35. The Morgan fingerprint density at radius 2 is 1.83 bits per heavy atom. The van der Waals surface area contributed by atoms with Crippen LogP contribution >= 0.6 is 11.3 Å². The van der Waals surface area contributed by atoms with E-state index in [0.29, 0.717) is 17.9 Å². The summed E-state index contributed by atoms with van der Waals surface area (Å²) in [5.41, 5.74) is -2.64. The zero-order chi connectivity index (χ0) is 29.7. The Morgan fingerprint density at radius 1 is 1.10 bits per heavy atom. The fourth-order valence-corrected chi connectivity index (χ4v) is 5.12. The molecule has 3 aromatic rings. The summed E-state index contributed by atoms with van der Waals surface area (Å²) < 4.78 is 46.2. The van der Waals surface area contributed by atoms with E-state index in [-0.39, 0.29) is 46.3 Å². The molecule has 16 heteroatoms. The maximum absolute atomic E-state index is 13.5. The van der Waals surface area contributed by atoms with Crippen molar-refractivity contribution in [1.82, 2.24) is 25.2 Å². The van der Waals surface area contributed by atoms with Crippen LogP contribution in [-0.4, -0.2) is 80.8 Å². The monoisotopic (exact) mass is 594 g/mol. The number of carbonyl (C=O) groups excluding carboxylic acids is 1. The molecular weight excluding hydrogens is 569 g/mol. The third kappa shape index (κ3) is 6.89. The van der Waals surface area contributed by atoms with Gasteiger partial charge in [0.15, 0.2) is 5.69 Å². The quantitative estimate of drug-likeness (QED) is 0.266. The Labute approximate surface area is 235 Å². The van der Waals surface area contributed by atoms with Gasteiger partial charge >= 0.3 is 24.1 Å². The van der Waals surface area contributed by atoms with Crippen molar-refractivity contribution >= 4 is 35.1 Å². The van der Waals surface area contributed by atoms with Crippen LogP contribution in [0, 0.1) is 0 Å². The van der Waals surface area contributed by atoms with Gasteiger partial charge in [0.1, 0.15) is 23.0 Å². The van der Waals surface area contributed by atoms with Crippen molar-refractivity contribution in [2.75, 3.05) is 38.1 Å². The van der Waals surface area contributed by atoms with E-state index in [1.54, 1.807) is 6.92 Å². The van der Waals surface area contributed by atoms with Crippen molar-refractivity contribution in [2.24, 2.45) is 0 Å². The molecule has 4 heterocycles. The summed E-state index contributed by atoms with van der Waals surface area (Å²) in [5.74, 6) is -3.50. The highest BCUT2D eigenvalue weighted by Crippen LogP contribution is 2.43. The van der Waals surface area contributed by atoms with E-state index >= 15 is 0 Å². The minimum atomic E-state index is -4.82. The number of pyridine rings is 2. The molecule has 0 aromatic carbocycles. The average Bonchev–Trinajstić information content (AvgIpc) is 3.61. The van der Waals surface area contributed by atoms with Crippen LogP contribution in [0.5, 0.6) is 5.88 Å². The zero-order valence-electron chi connectivity index (χ0n) is 21.6. The molecule has 0 radical (unpaired) electrons. The molecule has 4 rings (SSSR count). The predicted octanol–water partition coefficient (Wildman–Crippen LogP) is 4.30. The number of carboxylic acid groups (broad SMARTS) is 2. The van der Waals surface area contributed by atoms with Crippen LogP contribution in [0.15, 0.2) is 23.8 Å². The lowest BCUT2D eigenvalue weighted by Crippen LogP contribution is -2.29. The number of nitrogens with one attached hydrogen (secondary N) is 2. The number of aromatic carboxylic acids is 2. The summed E-state index contributed by atoms with van der Waals surface area (Å²) in [6, 6.07) is 0.374. The molecule has 1 fully saturated rings. The van der Waals surface area contributed by atoms with E-state index in [1.165, 1.54) is 6.07 Å². The largest absolute Gasteiger partial charge is 0.478 e. The smallest absolute Gasteiger partial charge is 0.434 e. The van der Waals surface area contributed by atoms with Gasteiger partial charge in [-0.05, 0) is 38.9 Å². The number of carboxylic acids is 2. The number of hydrogen-bond donors (Lipinski definition) is 4. The fourth-order valence-electron chi connectivity index (χ4n) is 4.23.